The molecule has 0 aromatic carbocycles. The number of aromatic nitrogens is 4. The molecule has 3 N–H and O–H groups in total. The Hall–Kier alpha value is -2.22. The molecule has 1 amide bonds. The fourth-order valence-corrected chi connectivity index (χ4v) is 2.36. The second kappa shape index (κ2) is 5.41. The number of nitrogen functional groups attached to an aromatic ring is 1. The van der Waals surface area contributed by atoms with Gasteiger partial charge in [-0.05, 0) is 13.0 Å². The van der Waals surface area contributed by atoms with E-state index in [1.807, 2.05) is 4.90 Å². The molecule has 8 nitrogen and oxygen atoms in total. The smallest absolute Gasteiger partial charge is 0.242 e. The van der Waals surface area contributed by atoms with Crippen molar-refractivity contribution in [3.05, 3.63) is 12.7 Å². The van der Waals surface area contributed by atoms with Gasteiger partial charge in [-0.3, -0.25) is 4.79 Å². The van der Waals surface area contributed by atoms with Gasteiger partial charge < -0.3 is 20.5 Å². The van der Waals surface area contributed by atoms with Crippen molar-refractivity contribution in [2.75, 3.05) is 31.9 Å². The molecule has 0 unspecified atom stereocenters. The molecular formula is C12H17N7O. The minimum absolute atomic E-state index is 0.0742. The molecule has 2 aromatic rings. The van der Waals surface area contributed by atoms with E-state index in [-0.39, 0.29) is 12.5 Å². The highest BCUT2D eigenvalue weighted by Gasteiger charge is 2.17. The van der Waals surface area contributed by atoms with Gasteiger partial charge in [0.05, 0.1) is 6.33 Å². The molecule has 0 radical (unpaired) electrons. The number of nitrogens with zero attached hydrogens (tertiary/aromatic N) is 5. The molecule has 0 saturated carbocycles. The molecule has 0 atom stereocenters. The van der Waals surface area contributed by atoms with E-state index in [4.69, 9.17) is 5.73 Å². The zero-order chi connectivity index (χ0) is 13.9. The molecule has 106 valence electrons. The summed E-state index contributed by atoms with van der Waals surface area (Å²) < 4.78 is 1.72. The van der Waals surface area contributed by atoms with Crippen LogP contribution in [0.1, 0.15) is 6.42 Å². The monoisotopic (exact) mass is 275 g/mol. The Kier molecular flexibility index (Phi) is 3.46. The highest BCUT2D eigenvalue weighted by atomic mass is 16.2. The fraction of sp³-hybridized carbons (Fsp3) is 0.500. The lowest BCUT2D eigenvalue weighted by molar-refractivity contribution is -0.131. The van der Waals surface area contributed by atoms with E-state index in [1.54, 1.807) is 10.9 Å². The maximum absolute atomic E-state index is 12.3. The second-order valence-electron chi connectivity index (χ2n) is 4.79. The van der Waals surface area contributed by atoms with Crippen molar-refractivity contribution in [1.82, 2.24) is 29.7 Å². The van der Waals surface area contributed by atoms with E-state index >= 15 is 0 Å². The van der Waals surface area contributed by atoms with Crippen molar-refractivity contribution in [2.24, 2.45) is 0 Å². The van der Waals surface area contributed by atoms with Crippen LogP contribution in [0.2, 0.25) is 0 Å². The number of hydrogen-bond donors (Lipinski definition) is 2. The zero-order valence-corrected chi connectivity index (χ0v) is 11.1. The molecular weight excluding hydrogens is 258 g/mol. The van der Waals surface area contributed by atoms with Gasteiger partial charge in [0, 0.05) is 19.6 Å². The van der Waals surface area contributed by atoms with Crippen LogP contribution in [-0.2, 0) is 11.3 Å². The minimum Gasteiger partial charge on any atom is -0.382 e. The predicted molar refractivity (Wildman–Crippen MR) is 73.8 cm³/mol. The normalized spacial score (nSPS) is 16.3. The average molecular weight is 275 g/mol. The second-order valence-corrected chi connectivity index (χ2v) is 4.79. The van der Waals surface area contributed by atoms with Crippen molar-refractivity contribution < 1.29 is 4.79 Å². The maximum Gasteiger partial charge on any atom is 0.242 e. The summed E-state index contributed by atoms with van der Waals surface area (Å²) in [5.41, 5.74) is 6.87. The summed E-state index contributed by atoms with van der Waals surface area (Å²) >= 11 is 0. The Labute approximate surface area is 116 Å². The summed E-state index contributed by atoms with van der Waals surface area (Å²) in [6, 6.07) is 0. The van der Waals surface area contributed by atoms with Crippen LogP contribution in [0.4, 0.5) is 5.82 Å². The lowest BCUT2D eigenvalue weighted by Crippen LogP contribution is -2.36. The first kappa shape index (κ1) is 12.8. The van der Waals surface area contributed by atoms with Gasteiger partial charge in [-0.15, -0.1) is 0 Å². The molecule has 1 aliphatic rings. The van der Waals surface area contributed by atoms with Crippen molar-refractivity contribution in [3.8, 4) is 0 Å². The summed E-state index contributed by atoms with van der Waals surface area (Å²) in [7, 11) is 0. The number of fused-ring (bicyclic) bond motifs is 1. The van der Waals surface area contributed by atoms with Gasteiger partial charge in [0.2, 0.25) is 5.91 Å². The van der Waals surface area contributed by atoms with Crippen molar-refractivity contribution in [1.29, 1.82) is 0 Å². The number of carbonyl (C=O) groups excluding carboxylic acids is 1. The summed E-state index contributed by atoms with van der Waals surface area (Å²) in [6.07, 6.45) is 3.95. The predicted octanol–water partition coefficient (Wildman–Crippen LogP) is -0.770. The Morgan fingerprint density at radius 2 is 2.20 bits per heavy atom. The van der Waals surface area contributed by atoms with Crippen LogP contribution in [0.5, 0.6) is 0 Å². The molecule has 1 saturated heterocycles. The third-order valence-electron chi connectivity index (χ3n) is 3.43. The number of imidazole rings is 1. The first-order valence-electron chi connectivity index (χ1n) is 6.65. The van der Waals surface area contributed by atoms with Gasteiger partial charge in [0.1, 0.15) is 18.4 Å². The van der Waals surface area contributed by atoms with Crippen LogP contribution in [0.3, 0.4) is 0 Å². The largest absolute Gasteiger partial charge is 0.382 e. The van der Waals surface area contributed by atoms with Gasteiger partial charge in [0.25, 0.3) is 0 Å². The standard InChI is InChI=1S/C12H17N7O/c13-11-10-12(16-7-15-11)19(8-17-10)6-9(20)18-4-1-2-14-3-5-18/h7-8,14H,1-6H2,(H2,13,15,16). The third-order valence-corrected chi connectivity index (χ3v) is 3.43. The molecule has 0 aliphatic carbocycles. The van der Waals surface area contributed by atoms with Gasteiger partial charge in [0.15, 0.2) is 11.5 Å². The maximum atomic E-state index is 12.3. The highest BCUT2D eigenvalue weighted by Crippen LogP contribution is 2.14. The molecule has 2 aromatic heterocycles. The van der Waals surface area contributed by atoms with Crippen LogP contribution >= 0.6 is 0 Å². The van der Waals surface area contributed by atoms with Gasteiger partial charge in [-0.25, -0.2) is 15.0 Å². The summed E-state index contributed by atoms with van der Waals surface area (Å²) in [5.74, 6) is 0.408. The zero-order valence-electron chi connectivity index (χ0n) is 11.1. The molecule has 0 bridgehead atoms. The number of rotatable bonds is 2. The number of anilines is 1. The summed E-state index contributed by atoms with van der Waals surface area (Å²) in [5, 5.41) is 3.28. The van der Waals surface area contributed by atoms with Crippen LogP contribution in [0.15, 0.2) is 12.7 Å². The van der Waals surface area contributed by atoms with Crippen LogP contribution in [0.25, 0.3) is 11.2 Å². The van der Waals surface area contributed by atoms with Crippen LogP contribution < -0.4 is 11.1 Å². The van der Waals surface area contributed by atoms with Gasteiger partial charge in [-0.2, -0.15) is 0 Å². The summed E-state index contributed by atoms with van der Waals surface area (Å²) in [6.45, 7) is 3.55. The minimum atomic E-state index is 0.0742. The van der Waals surface area contributed by atoms with E-state index in [0.29, 0.717) is 17.0 Å². The quantitative estimate of drug-likeness (QED) is 0.746. The van der Waals surface area contributed by atoms with E-state index in [1.165, 1.54) is 6.33 Å². The number of nitrogens with two attached hydrogens (primary N) is 1. The molecule has 8 heteroatoms. The van der Waals surface area contributed by atoms with Gasteiger partial charge >= 0.3 is 0 Å². The molecule has 3 heterocycles. The Morgan fingerprint density at radius 1 is 1.30 bits per heavy atom. The Morgan fingerprint density at radius 3 is 3.10 bits per heavy atom. The Balaban J connectivity index is 1.78. The highest BCUT2D eigenvalue weighted by molar-refractivity contribution is 5.83. The molecule has 1 aliphatic heterocycles. The number of carbonyl (C=O) groups is 1. The van der Waals surface area contributed by atoms with Crippen LogP contribution in [0, 0.1) is 0 Å². The van der Waals surface area contributed by atoms with Gasteiger partial charge in [-0.1, -0.05) is 0 Å². The number of nitrogens with one attached hydrogen (secondary N) is 1. The molecule has 1 fully saturated rings. The number of hydrogen-bond acceptors (Lipinski definition) is 6. The molecule has 3 rings (SSSR count). The van der Waals surface area contributed by atoms with Crippen LogP contribution in [-0.4, -0.2) is 56.5 Å². The molecule has 0 spiro atoms. The third kappa shape index (κ3) is 2.42. The van der Waals surface area contributed by atoms with Crippen molar-refractivity contribution in [3.63, 3.8) is 0 Å². The van der Waals surface area contributed by atoms with E-state index in [9.17, 15) is 4.79 Å². The lowest BCUT2D eigenvalue weighted by atomic mass is 10.3. The van der Waals surface area contributed by atoms with E-state index in [0.717, 1.165) is 32.6 Å². The first-order chi connectivity index (χ1) is 9.75. The van der Waals surface area contributed by atoms with Crippen molar-refractivity contribution >= 4 is 22.9 Å². The Bertz CT molecular complexity index is 615. The topological polar surface area (TPSA) is 102 Å². The van der Waals surface area contributed by atoms with E-state index in [2.05, 4.69) is 20.3 Å². The summed E-state index contributed by atoms with van der Waals surface area (Å²) in [4.78, 5) is 26.4. The lowest BCUT2D eigenvalue weighted by Gasteiger charge is -2.20. The van der Waals surface area contributed by atoms with E-state index < -0.39 is 0 Å². The SMILES string of the molecule is Nc1ncnc2c1ncn2CC(=O)N1CCCNCC1. The van der Waals surface area contributed by atoms with Crippen molar-refractivity contribution in [2.45, 2.75) is 13.0 Å². The number of amides is 1. The fourth-order valence-electron chi connectivity index (χ4n) is 2.36. The average Bonchev–Trinajstić information content (AvgIpc) is 2.69. The molecule has 20 heavy (non-hydrogen) atoms. The first-order valence-corrected chi connectivity index (χ1v) is 6.65.